The van der Waals surface area contributed by atoms with Gasteiger partial charge in [0.1, 0.15) is 17.2 Å². The third kappa shape index (κ3) is 2.20. The van der Waals surface area contributed by atoms with E-state index < -0.39 is 5.97 Å². The fourth-order valence-electron chi connectivity index (χ4n) is 1.79. The molecule has 4 nitrogen and oxygen atoms in total. The Balaban J connectivity index is 2.69. The maximum Gasteiger partial charge on any atom is 0.339 e. The van der Waals surface area contributed by atoms with Crippen LogP contribution in [0.5, 0.6) is 0 Å². The van der Waals surface area contributed by atoms with Gasteiger partial charge in [-0.25, -0.2) is 19.2 Å². The van der Waals surface area contributed by atoms with Crippen molar-refractivity contribution >= 4 is 5.97 Å². The van der Waals surface area contributed by atoms with E-state index >= 15 is 0 Å². The summed E-state index contributed by atoms with van der Waals surface area (Å²) in [6.45, 7) is 3.30. The summed E-state index contributed by atoms with van der Waals surface area (Å²) in [5, 5.41) is 9.20. The summed E-state index contributed by atoms with van der Waals surface area (Å²) in [4.78, 5) is 19.4. The summed E-state index contributed by atoms with van der Waals surface area (Å²) in [6, 6.07) is 5.55. The molecular formula is C13H11FN2O2. The molecule has 1 N–H and O–H groups in total. The molecule has 0 bridgehead atoms. The number of carboxylic acid groups (broad SMARTS) is 1. The molecule has 1 aromatic carbocycles. The minimum atomic E-state index is -1.09. The van der Waals surface area contributed by atoms with Crippen molar-refractivity contribution in [3.8, 4) is 11.3 Å². The Morgan fingerprint density at radius 2 is 1.78 bits per heavy atom. The van der Waals surface area contributed by atoms with Crippen LogP contribution in [-0.4, -0.2) is 21.0 Å². The number of aromatic nitrogens is 2. The van der Waals surface area contributed by atoms with Crippen LogP contribution in [0.25, 0.3) is 11.3 Å². The lowest BCUT2D eigenvalue weighted by atomic mass is 10.0. The van der Waals surface area contributed by atoms with E-state index in [0.29, 0.717) is 22.8 Å². The second-order valence-electron chi connectivity index (χ2n) is 3.89. The van der Waals surface area contributed by atoms with E-state index in [0.717, 1.165) is 0 Å². The third-order valence-electron chi connectivity index (χ3n) is 2.53. The number of hydrogen-bond acceptors (Lipinski definition) is 3. The van der Waals surface area contributed by atoms with Gasteiger partial charge in [-0.1, -0.05) is 0 Å². The van der Waals surface area contributed by atoms with Crippen molar-refractivity contribution in [1.29, 1.82) is 0 Å². The number of rotatable bonds is 2. The van der Waals surface area contributed by atoms with Gasteiger partial charge in [-0.15, -0.1) is 0 Å². The molecule has 0 atom stereocenters. The zero-order valence-electron chi connectivity index (χ0n) is 9.94. The van der Waals surface area contributed by atoms with Crippen molar-refractivity contribution in [3.05, 3.63) is 47.2 Å². The largest absolute Gasteiger partial charge is 0.478 e. The second kappa shape index (κ2) is 4.52. The summed E-state index contributed by atoms with van der Waals surface area (Å²) in [7, 11) is 0. The van der Waals surface area contributed by atoms with Gasteiger partial charge in [-0.3, -0.25) is 0 Å². The first kappa shape index (κ1) is 12.2. The molecule has 92 valence electrons. The van der Waals surface area contributed by atoms with E-state index in [-0.39, 0.29) is 11.4 Å². The predicted molar refractivity (Wildman–Crippen MR) is 63.9 cm³/mol. The molecule has 5 heteroatoms. The maximum atomic E-state index is 12.9. The molecule has 0 spiro atoms. The Morgan fingerprint density at radius 3 is 2.33 bits per heavy atom. The van der Waals surface area contributed by atoms with Crippen LogP contribution < -0.4 is 0 Å². The van der Waals surface area contributed by atoms with Crippen LogP contribution in [0.2, 0.25) is 0 Å². The Labute approximate surface area is 103 Å². The summed E-state index contributed by atoms with van der Waals surface area (Å²) >= 11 is 0. The van der Waals surface area contributed by atoms with Crippen LogP contribution >= 0.6 is 0 Å². The molecular weight excluding hydrogens is 235 g/mol. The quantitative estimate of drug-likeness (QED) is 0.884. The SMILES string of the molecule is Cc1nc(C)c(C(=O)O)c(-c2ccc(F)cc2)n1. The molecule has 0 saturated carbocycles. The average Bonchev–Trinajstić information content (AvgIpc) is 2.28. The van der Waals surface area contributed by atoms with Crippen LogP contribution in [0.3, 0.4) is 0 Å². The van der Waals surface area contributed by atoms with E-state index in [9.17, 15) is 14.3 Å². The number of nitrogens with zero attached hydrogens (tertiary/aromatic N) is 2. The van der Waals surface area contributed by atoms with Gasteiger partial charge in [0, 0.05) is 5.56 Å². The maximum absolute atomic E-state index is 12.9. The van der Waals surface area contributed by atoms with Gasteiger partial charge >= 0.3 is 5.97 Å². The lowest BCUT2D eigenvalue weighted by molar-refractivity contribution is 0.0696. The third-order valence-corrected chi connectivity index (χ3v) is 2.53. The highest BCUT2D eigenvalue weighted by atomic mass is 19.1. The molecule has 0 aliphatic rings. The van der Waals surface area contributed by atoms with Crippen molar-refractivity contribution < 1.29 is 14.3 Å². The van der Waals surface area contributed by atoms with Crippen LogP contribution in [0.15, 0.2) is 24.3 Å². The van der Waals surface area contributed by atoms with E-state index in [1.165, 1.54) is 24.3 Å². The first-order chi connectivity index (χ1) is 8.49. The summed E-state index contributed by atoms with van der Waals surface area (Å²) in [5.41, 5.74) is 1.32. The van der Waals surface area contributed by atoms with Gasteiger partial charge < -0.3 is 5.11 Å². The normalized spacial score (nSPS) is 10.4. The molecule has 0 aliphatic heterocycles. The number of hydrogen-bond donors (Lipinski definition) is 1. The van der Waals surface area contributed by atoms with E-state index in [2.05, 4.69) is 9.97 Å². The number of benzene rings is 1. The number of halogens is 1. The van der Waals surface area contributed by atoms with Gasteiger partial charge in [-0.05, 0) is 38.1 Å². The molecule has 1 heterocycles. The van der Waals surface area contributed by atoms with E-state index in [4.69, 9.17) is 0 Å². The highest BCUT2D eigenvalue weighted by Gasteiger charge is 2.18. The van der Waals surface area contributed by atoms with Crippen molar-refractivity contribution in [2.24, 2.45) is 0 Å². The fraction of sp³-hybridized carbons (Fsp3) is 0.154. The van der Waals surface area contributed by atoms with Gasteiger partial charge in [0.2, 0.25) is 0 Å². The minimum Gasteiger partial charge on any atom is -0.478 e. The molecule has 0 fully saturated rings. The van der Waals surface area contributed by atoms with Gasteiger partial charge in [0.15, 0.2) is 0 Å². The Bertz CT molecular complexity index is 609. The van der Waals surface area contributed by atoms with Crippen molar-refractivity contribution in [2.45, 2.75) is 13.8 Å². The zero-order valence-corrected chi connectivity index (χ0v) is 9.94. The molecule has 18 heavy (non-hydrogen) atoms. The highest BCUT2D eigenvalue weighted by Crippen LogP contribution is 2.23. The summed E-state index contributed by atoms with van der Waals surface area (Å²) in [6.07, 6.45) is 0. The fourth-order valence-corrected chi connectivity index (χ4v) is 1.79. The Morgan fingerprint density at radius 1 is 1.17 bits per heavy atom. The number of carbonyl (C=O) groups is 1. The highest BCUT2D eigenvalue weighted by molar-refractivity contribution is 5.95. The molecule has 0 aliphatic carbocycles. The molecule has 0 saturated heterocycles. The number of aromatic carboxylic acids is 1. The summed E-state index contributed by atoms with van der Waals surface area (Å²) in [5.74, 6) is -0.984. The van der Waals surface area contributed by atoms with Crippen LogP contribution in [0.1, 0.15) is 21.9 Å². The Kier molecular flexibility index (Phi) is 3.06. The Hall–Kier alpha value is -2.30. The lowest BCUT2D eigenvalue weighted by Crippen LogP contribution is -2.08. The minimum absolute atomic E-state index is 0.0483. The molecule has 0 unspecified atom stereocenters. The smallest absolute Gasteiger partial charge is 0.339 e. The molecule has 0 radical (unpaired) electrons. The monoisotopic (exact) mass is 246 g/mol. The first-order valence-corrected chi connectivity index (χ1v) is 5.33. The van der Waals surface area contributed by atoms with E-state index in [1.54, 1.807) is 13.8 Å². The zero-order chi connectivity index (χ0) is 13.3. The van der Waals surface area contributed by atoms with Gasteiger partial charge in [0.05, 0.1) is 11.4 Å². The average molecular weight is 246 g/mol. The number of carboxylic acids is 1. The first-order valence-electron chi connectivity index (χ1n) is 5.33. The molecule has 2 rings (SSSR count). The molecule has 2 aromatic rings. The van der Waals surface area contributed by atoms with Gasteiger partial charge in [-0.2, -0.15) is 0 Å². The van der Waals surface area contributed by atoms with Crippen molar-refractivity contribution in [2.75, 3.05) is 0 Å². The van der Waals surface area contributed by atoms with Crippen molar-refractivity contribution in [3.63, 3.8) is 0 Å². The molecule has 0 amide bonds. The van der Waals surface area contributed by atoms with Gasteiger partial charge in [0.25, 0.3) is 0 Å². The van der Waals surface area contributed by atoms with E-state index in [1.807, 2.05) is 0 Å². The molecule has 1 aromatic heterocycles. The predicted octanol–water partition coefficient (Wildman–Crippen LogP) is 2.60. The standard InChI is InChI=1S/C13H11FN2O2/c1-7-11(13(17)18)12(16-8(2)15-7)9-3-5-10(14)6-4-9/h3-6H,1-2H3,(H,17,18). The van der Waals surface area contributed by atoms with Crippen LogP contribution in [0.4, 0.5) is 4.39 Å². The lowest BCUT2D eigenvalue weighted by Gasteiger charge is -2.09. The number of aryl methyl sites for hydroxylation is 2. The topological polar surface area (TPSA) is 63.1 Å². The summed E-state index contributed by atoms with van der Waals surface area (Å²) < 4.78 is 12.9. The van der Waals surface area contributed by atoms with Crippen molar-refractivity contribution in [1.82, 2.24) is 9.97 Å². The van der Waals surface area contributed by atoms with Crippen LogP contribution in [0, 0.1) is 19.7 Å². The van der Waals surface area contributed by atoms with Crippen LogP contribution in [-0.2, 0) is 0 Å². The second-order valence-corrected chi connectivity index (χ2v) is 3.89.